The molecule has 0 radical (unpaired) electrons. The van der Waals surface area contributed by atoms with Gasteiger partial charge in [-0.25, -0.2) is 18.4 Å². The van der Waals surface area contributed by atoms with Gasteiger partial charge in [0.05, 0.1) is 17.0 Å². The number of hydrogen-bond donors (Lipinski definition) is 0. The van der Waals surface area contributed by atoms with Gasteiger partial charge < -0.3 is 9.80 Å². The molecule has 1 aromatic heterocycles. The summed E-state index contributed by atoms with van der Waals surface area (Å²) in [6.07, 6.45) is 2.53. The minimum absolute atomic E-state index is 0.0173. The van der Waals surface area contributed by atoms with E-state index in [0.29, 0.717) is 25.9 Å². The van der Waals surface area contributed by atoms with Crippen LogP contribution in [0.15, 0.2) is 30.6 Å². The molecular weight excluding hydrogens is 352 g/mol. The van der Waals surface area contributed by atoms with Crippen LogP contribution in [0.5, 0.6) is 0 Å². The molecule has 0 bridgehead atoms. The van der Waals surface area contributed by atoms with Gasteiger partial charge in [-0.3, -0.25) is 4.79 Å². The molecule has 138 valence electrons. The van der Waals surface area contributed by atoms with Crippen molar-refractivity contribution in [3.63, 3.8) is 0 Å². The van der Waals surface area contributed by atoms with E-state index in [2.05, 4.69) is 14.9 Å². The van der Waals surface area contributed by atoms with Crippen LogP contribution in [0.25, 0.3) is 10.9 Å². The second-order valence-corrected chi connectivity index (χ2v) is 9.28. The number of aromatic nitrogens is 2. The summed E-state index contributed by atoms with van der Waals surface area (Å²) in [5.41, 5.74) is 0.915. The van der Waals surface area contributed by atoms with E-state index in [1.165, 1.54) is 0 Å². The highest BCUT2D eigenvalue weighted by atomic mass is 32.2. The molecular formula is C18H22N4O3S. The lowest BCUT2D eigenvalue weighted by Gasteiger charge is -2.36. The maximum absolute atomic E-state index is 12.5. The summed E-state index contributed by atoms with van der Waals surface area (Å²) in [4.78, 5) is 25.3. The Hall–Kier alpha value is -2.22. The van der Waals surface area contributed by atoms with E-state index in [1.807, 2.05) is 29.2 Å². The Bertz CT molecular complexity index is 918. The molecule has 2 saturated heterocycles. The number of sulfone groups is 1. The van der Waals surface area contributed by atoms with Gasteiger partial charge >= 0.3 is 0 Å². The zero-order valence-electron chi connectivity index (χ0n) is 14.5. The summed E-state index contributed by atoms with van der Waals surface area (Å²) in [6, 6.07) is 7.92. The standard InChI is InChI=1S/C18H22N4O3S/c23-17(11-14-5-10-26(24,25)12-14)21-6-8-22(9-7-21)18-15-3-1-2-4-16(15)19-13-20-18/h1-4,13-14H,5-12H2. The van der Waals surface area contributed by atoms with Gasteiger partial charge in [0.15, 0.2) is 9.84 Å². The highest BCUT2D eigenvalue weighted by Crippen LogP contribution is 2.25. The molecule has 2 aromatic rings. The van der Waals surface area contributed by atoms with Crippen molar-refractivity contribution in [2.45, 2.75) is 12.8 Å². The van der Waals surface area contributed by atoms with E-state index >= 15 is 0 Å². The fraction of sp³-hybridized carbons (Fsp3) is 0.500. The first-order chi connectivity index (χ1) is 12.5. The molecule has 2 aliphatic heterocycles. The maximum Gasteiger partial charge on any atom is 0.223 e. The topological polar surface area (TPSA) is 83.5 Å². The molecule has 4 rings (SSSR count). The van der Waals surface area contributed by atoms with E-state index in [9.17, 15) is 13.2 Å². The van der Waals surface area contributed by atoms with Crippen LogP contribution in [0.2, 0.25) is 0 Å². The minimum atomic E-state index is -2.93. The highest BCUT2D eigenvalue weighted by molar-refractivity contribution is 7.91. The molecule has 8 heteroatoms. The van der Waals surface area contributed by atoms with Crippen molar-refractivity contribution >= 4 is 32.5 Å². The predicted octanol–water partition coefficient (Wildman–Crippen LogP) is 1.10. The first kappa shape index (κ1) is 17.2. The quantitative estimate of drug-likeness (QED) is 0.800. The minimum Gasteiger partial charge on any atom is -0.352 e. The summed E-state index contributed by atoms with van der Waals surface area (Å²) in [7, 11) is -2.93. The largest absolute Gasteiger partial charge is 0.352 e. The number of benzene rings is 1. The van der Waals surface area contributed by atoms with Gasteiger partial charge in [0, 0.05) is 38.0 Å². The molecule has 7 nitrogen and oxygen atoms in total. The Balaban J connectivity index is 1.39. The smallest absolute Gasteiger partial charge is 0.223 e. The Morgan fingerprint density at radius 1 is 1.12 bits per heavy atom. The fourth-order valence-electron chi connectivity index (χ4n) is 3.82. The molecule has 0 spiro atoms. The molecule has 1 atom stereocenters. The lowest BCUT2D eigenvalue weighted by Crippen LogP contribution is -2.49. The third-order valence-electron chi connectivity index (χ3n) is 5.24. The van der Waals surface area contributed by atoms with Crippen LogP contribution in [-0.4, -0.2) is 66.9 Å². The molecule has 1 aromatic carbocycles. The first-order valence-corrected chi connectivity index (χ1v) is 10.8. The molecule has 0 saturated carbocycles. The van der Waals surface area contributed by atoms with Crippen molar-refractivity contribution < 1.29 is 13.2 Å². The number of anilines is 1. The number of para-hydroxylation sites is 1. The fourth-order valence-corrected chi connectivity index (χ4v) is 5.68. The number of carbonyl (C=O) groups excluding carboxylic acids is 1. The number of rotatable bonds is 3. The maximum atomic E-state index is 12.5. The Labute approximate surface area is 152 Å². The number of amides is 1. The van der Waals surface area contributed by atoms with Gasteiger partial charge in [0.1, 0.15) is 12.1 Å². The van der Waals surface area contributed by atoms with Crippen LogP contribution in [-0.2, 0) is 14.6 Å². The van der Waals surface area contributed by atoms with Crippen LogP contribution in [0.1, 0.15) is 12.8 Å². The summed E-state index contributed by atoms with van der Waals surface area (Å²) in [5, 5.41) is 1.02. The van der Waals surface area contributed by atoms with Crippen LogP contribution >= 0.6 is 0 Å². The van der Waals surface area contributed by atoms with Gasteiger partial charge in [-0.1, -0.05) is 12.1 Å². The molecule has 1 unspecified atom stereocenters. The van der Waals surface area contributed by atoms with Gasteiger partial charge in [0.2, 0.25) is 5.91 Å². The monoisotopic (exact) mass is 374 g/mol. The average Bonchev–Trinajstić information content (AvgIpc) is 2.99. The third kappa shape index (κ3) is 3.51. The summed E-state index contributed by atoms with van der Waals surface area (Å²) >= 11 is 0. The van der Waals surface area contributed by atoms with Crippen LogP contribution in [0.4, 0.5) is 5.82 Å². The zero-order chi connectivity index (χ0) is 18.1. The van der Waals surface area contributed by atoms with Gasteiger partial charge in [0.25, 0.3) is 0 Å². The van der Waals surface area contributed by atoms with E-state index in [-0.39, 0.29) is 23.3 Å². The number of hydrogen-bond acceptors (Lipinski definition) is 6. The van der Waals surface area contributed by atoms with E-state index < -0.39 is 9.84 Å². The molecule has 0 N–H and O–H groups in total. The van der Waals surface area contributed by atoms with Crippen LogP contribution in [0.3, 0.4) is 0 Å². The van der Waals surface area contributed by atoms with Gasteiger partial charge in [-0.2, -0.15) is 0 Å². The van der Waals surface area contributed by atoms with Gasteiger partial charge in [-0.15, -0.1) is 0 Å². The molecule has 2 fully saturated rings. The Kier molecular flexibility index (Phi) is 4.52. The summed E-state index contributed by atoms with van der Waals surface area (Å²) < 4.78 is 23.1. The first-order valence-electron chi connectivity index (χ1n) is 8.95. The molecule has 0 aliphatic carbocycles. The highest BCUT2D eigenvalue weighted by Gasteiger charge is 2.31. The van der Waals surface area contributed by atoms with E-state index in [1.54, 1.807) is 6.33 Å². The van der Waals surface area contributed by atoms with Crippen molar-refractivity contribution in [1.29, 1.82) is 0 Å². The Morgan fingerprint density at radius 3 is 2.62 bits per heavy atom. The second-order valence-electron chi connectivity index (χ2n) is 7.06. The SMILES string of the molecule is O=C(CC1CCS(=O)(=O)C1)N1CCN(c2ncnc3ccccc23)CC1. The number of nitrogens with zero attached hydrogens (tertiary/aromatic N) is 4. The van der Waals surface area contributed by atoms with Crippen molar-refractivity contribution in [2.24, 2.45) is 5.92 Å². The zero-order valence-corrected chi connectivity index (χ0v) is 15.4. The van der Waals surface area contributed by atoms with Crippen molar-refractivity contribution in [2.75, 3.05) is 42.6 Å². The number of piperazine rings is 1. The lowest BCUT2D eigenvalue weighted by molar-refractivity contribution is -0.132. The van der Waals surface area contributed by atoms with Crippen molar-refractivity contribution in [1.82, 2.24) is 14.9 Å². The molecule has 1 amide bonds. The van der Waals surface area contributed by atoms with E-state index in [4.69, 9.17) is 0 Å². The predicted molar refractivity (Wildman–Crippen MR) is 99.7 cm³/mol. The molecule has 3 heterocycles. The summed E-state index contributed by atoms with van der Waals surface area (Å²) in [6.45, 7) is 2.71. The van der Waals surface area contributed by atoms with E-state index in [0.717, 1.165) is 29.8 Å². The number of fused-ring (bicyclic) bond motifs is 1. The average molecular weight is 374 g/mol. The molecule has 2 aliphatic rings. The molecule has 26 heavy (non-hydrogen) atoms. The van der Waals surface area contributed by atoms with Crippen LogP contribution < -0.4 is 4.90 Å². The Morgan fingerprint density at radius 2 is 1.88 bits per heavy atom. The summed E-state index contributed by atoms with van der Waals surface area (Å²) in [5.74, 6) is 1.34. The lowest BCUT2D eigenvalue weighted by atomic mass is 10.0. The van der Waals surface area contributed by atoms with Gasteiger partial charge in [-0.05, 0) is 24.5 Å². The van der Waals surface area contributed by atoms with Crippen molar-refractivity contribution in [3.05, 3.63) is 30.6 Å². The second kappa shape index (κ2) is 6.83. The normalized spacial score (nSPS) is 22.7. The van der Waals surface area contributed by atoms with Crippen molar-refractivity contribution in [3.8, 4) is 0 Å². The third-order valence-corrected chi connectivity index (χ3v) is 7.08. The van der Waals surface area contributed by atoms with Crippen LogP contribution in [0, 0.1) is 5.92 Å². The number of carbonyl (C=O) groups is 1.